The van der Waals surface area contributed by atoms with Gasteiger partial charge in [0.25, 0.3) is 0 Å². The van der Waals surface area contributed by atoms with Crippen molar-refractivity contribution in [2.75, 3.05) is 31.6 Å². The van der Waals surface area contributed by atoms with E-state index in [-0.39, 0.29) is 7.85 Å². The summed E-state index contributed by atoms with van der Waals surface area (Å²) in [6, 6.07) is 6.57. The molecular weight excluding hydrogens is 476 g/mol. The second-order valence-corrected chi connectivity index (χ2v) is 10.4. The topological polar surface area (TPSA) is 79.9 Å². The number of likely N-dealkylation sites (tertiary alicyclic amines) is 1. The number of nitrogens with one attached hydrogen (secondary N) is 1. The molecule has 10 heteroatoms. The highest BCUT2D eigenvalue weighted by Crippen LogP contribution is 2.43. The molecule has 3 aliphatic rings. The molecule has 2 fully saturated rings. The highest BCUT2D eigenvalue weighted by molar-refractivity contribution is 5.99. The van der Waals surface area contributed by atoms with Crippen molar-refractivity contribution in [3.63, 3.8) is 0 Å². The van der Waals surface area contributed by atoms with Gasteiger partial charge in [0.2, 0.25) is 12.4 Å². The number of piperidine rings is 1. The van der Waals surface area contributed by atoms with Crippen LogP contribution in [0.3, 0.4) is 0 Å². The normalized spacial score (nSPS) is 22.8. The fraction of sp³-hybridized carbons (Fsp3) is 0.481. The second kappa shape index (κ2) is 9.25. The van der Waals surface area contributed by atoms with E-state index < -0.39 is 11.8 Å². The van der Waals surface area contributed by atoms with Crippen molar-refractivity contribution in [3.8, 4) is 11.3 Å². The van der Waals surface area contributed by atoms with Gasteiger partial charge in [0, 0.05) is 38.3 Å². The Morgan fingerprint density at radius 2 is 2.08 bits per heavy atom. The molecule has 3 aromatic rings. The third kappa shape index (κ3) is 4.21. The van der Waals surface area contributed by atoms with Gasteiger partial charge < -0.3 is 10.1 Å². The quantitative estimate of drug-likeness (QED) is 0.484. The zero-order valence-electron chi connectivity index (χ0n) is 21.1. The minimum Gasteiger partial charge on any atom is -0.378 e. The lowest BCUT2D eigenvalue weighted by Crippen LogP contribution is -2.53. The van der Waals surface area contributed by atoms with E-state index in [0.717, 1.165) is 55.9 Å². The number of aliphatic imine (C=N–C) groups is 1. The van der Waals surface area contributed by atoms with E-state index in [2.05, 4.69) is 26.8 Å². The van der Waals surface area contributed by atoms with Crippen molar-refractivity contribution in [2.45, 2.75) is 57.0 Å². The minimum atomic E-state index is -2.45. The lowest BCUT2D eigenvalue weighted by Gasteiger charge is -2.41. The van der Waals surface area contributed by atoms with Crippen LogP contribution in [0, 0.1) is 0 Å². The number of aromatic nitrogens is 4. The predicted octanol–water partition coefficient (Wildman–Crippen LogP) is 4.97. The largest absolute Gasteiger partial charge is 0.378 e. The Balaban J connectivity index is 0.00000294. The molecule has 1 unspecified atom stereocenters. The van der Waals surface area contributed by atoms with Crippen LogP contribution in [0.25, 0.3) is 22.9 Å². The molecule has 0 saturated carbocycles. The van der Waals surface area contributed by atoms with Gasteiger partial charge in [-0.1, -0.05) is 6.58 Å². The van der Waals surface area contributed by atoms with E-state index >= 15 is 0 Å². The molecule has 196 valence electrons. The molecule has 6 heterocycles. The minimum absolute atomic E-state index is 0. The third-order valence-corrected chi connectivity index (χ3v) is 8.08. The zero-order valence-corrected chi connectivity index (χ0v) is 21.1. The maximum Gasteiger partial charge on any atom is 0.241 e. The number of pyridine rings is 1. The molecule has 6 rings (SSSR count). The van der Waals surface area contributed by atoms with Gasteiger partial charge in [-0.2, -0.15) is 0 Å². The van der Waals surface area contributed by atoms with Crippen molar-refractivity contribution in [1.29, 1.82) is 0 Å². The van der Waals surface area contributed by atoms with E-state index in [1.165, 1.54) is 0 Å². The molecule has 0 amide bonds. The average molecular weight is 510 g/mol. The Hall–Kier alpha value is -3.24. The highest BCUT2D eigenvalue weighted by Gasteiger charge is 2.41. The van der Waals surface area contributed by atoms with Crippen LogP contribution in [-0.2, 0) is 10.2 Å². The maximum absolute atomic E-state index is 13.4. The van der Waals surface area contributed by atoms with Gasteiger partial charge in [0.05, 0.1) is 59.2 Å². The van der Waals surface area contributed by atoms with Gasteiger partial charge in [-0.3, -0.25) is 9.89 Å². The summed E-state index contributed by atoms with van der Waals surface area (Å²) in [5, 5.41) is 8.26. The molecule has 37 heavy (non-hydrogen) atoms. The molecule has 3 aliphatic heterocycles. The first-order valence-corrected chi connectivity index (χ1v) is 12.8. The number of halogens is 2. The van der Waals surface area contributed by atoms with Crippen LogP contribution < -0.4 is 5.32 Å². The van der Waals surface area contributed by atoms with Crippen molar-refractivity contribution in [3.05, 3.63) is 42.4 Å². The molecule has 0 spiro atoms. The Bertz CT molecular complexity index is 1380. The molecule has 3 aromatic heterocycles. The van der Waals surface area contributed by atoms with Gasteiger partial charge in [-0.15, -0.1) is 5.10 Å². The summed E-state index contributed by atoms with van der Waals surface area (Å²) in [5.74, 6) is 0.568. The highest BCUT2D eigenvalue weighted by atomic mass is 19.3. The van der Waals surface area contributed by atoms with E-state index in [9.17, 15) is 8.78 Å². The van der Waals surface area contributed by atoms with Crippen LogP contribution in [-0.4, -0.2) is 75.0 Å². The predicted molar refractivity (Wildman–Crippen MR) is 142 cm³/mol. The first-order chi connectivity index (χ1) is 17.9. The van der Waals surface area contributed by atoms with Gasteiger partial charge in [0.1, 0.15) is 0 Å². The molecule has 1 atom stereocenters. The monoisotopic (exact) mass is 509 g/mol. The standard InChI is InChI=1S/C27H31F2N7O.H2/c1-4-18-11-20(21-5-6-22-25(33-21)27(3,12-24(28)29)16(2)31-22)23-13-30-26(34-36(18)23)32-17-7-9-35(10-8-17)19-14-37-15-19;/h4-6,11,13,17,19,24H,1,7-10,12,14-15H2,2-3H3,(H,32,34);1H. The van der Waals surface area contributed by atoms with Crippen molar-refractivity contribution >= 4 is 28.9 Å². The van der Waals surface area contributed by atoms with Crippen LogP contribution in [0.2, 0.25) is 0 Å². The van der Waals surface area contributed by atoms with Crippen LogP contribution in [0.5, 0.6) is 0 Å². The van der Waals surface area contributed by atoms with E-state index in [1.54, 1.807) is 26.1 Å². The van der Waals surface area contributed by atoms with Crippen LogP contribution >= 0.6 is 0 Å². The Kier molecular flexibility index (Phi) is 6.03. The lowest BCUT2D eigenvalue weighted by atomic mass is 9.80. The number of alkyl halides is 2. The fourth-order valence-corrected chi connectivity index (χ4v) is 5.58. The number of hydrogen-bond donors (Lipinski definition) is 1. The Morgan fingerprint density at radius 3 is 2.76 bits per heavy atom. The van der Waals surface area contributed by atoms with E-state index in [1.807, 2.05) is 22.7 Å². The summed E-state index contributed by atoms with van der Waals surface area (Å²) in [4.78, 5) is 16.5. The maximum atomic E-state index is 13.4. The zero-order chi connectivity index (χ0) is 25.7. The van der Waals surface area contributed by atoms with Crippen LogP contribution in [0.1, 0.15) is 45.9 Å². The molecule has 2 saturated heterocycles. The first-order valence-electron chi connectivity index (χ1n) is 12.8. The van der Waals surface area contributed by atoms with E-state index in [0.29, 0.717) is 40.8 Å². The van der Waals surface area contributed by atoms with Crippen molar-refractivity contribution in [2.24, 2.45) is 4.99 Å². The molecule has 8 nitrogen and oxygen atoms in total. The number of anilines is 1. The fourth-order valence-electron chi connectivity index (χ4n) is 5.58. The average Bonchev–Trinajstić information content (AvgIpc) is 3.32. The molecular formula is C27H33F2N7O. The Labute approximate surface area is 216 Å². The number of ether oxygens (including phenoxy) is 1. The summed E-state index contributed by atoms with van der Waals surface area (Å²) in [5.41, 5.74) is 4.07. The number of hydrogen-bond acceptors (Lipinski definition) is 7. The summed E-state index contributed by atoms with van der Waals surface area (Å²) in [6.07, 6.45) is 2.82. The van der Waals surface area contributed by atoms with Gasteiger partial charge in [-0.05, 0) is 51.0 Å². The summed E-state index contributed by atoms with van der Waals surface area (Å²) < 4.78 is 34.0. The van der Waals surface area contributed by atoms with E-state index in [4.69, 9.17) is 14.8 Å². The van der Waals surface area contributed by atoms with Crippen LogP contribution in [0.15, 0.2) is 36.0 Å². The van der Waals surface area contributed by atoms with Crippen molar-refractivity contribution in [1.82, 2.24) is 24.5 Å². The lowest BCUT2D eigenvalue weighted by molar-refractivity contribution is -0.0705. The summed E-state index contributed by atoms with van der Waals surface area (Å²) >= 11 is 0. The van der Waals surface area contributed by atoms with Gasteiger partial charge >= 0.3 is 0 Å². The van der Waals surface area contributed by atoms with Gasteiger partial charge in [-0.25, -0.2) is 23.3 Å². The molecule has 1 N–H and O–H groups in total. The molecule has 0 radical (unpaired) electrons. The Morgan fingerprint density at radius 1 is 1.30 bits per heavy atom. The van der Waals surface area contributed by atoms with Crippen LogP contribution in [0.4, 0.5) is 20.4 Å². The summed E-state index contributed by atoms with van der Waals surface area (Å²) in [7, 11) is 0. The smallest absolute Gasteiger partial charge is 0.241 e. The first kappa shape index (κ1) is 24.1. The molecule has 0 bridgehead atoms. The number of nitrogens with zero attached hydrogens (tertiary/aromatic N) is 6. The number of rotatable bonds is 7. The van der Waals surface area contributed by atoms with Crippen molar-refractivity contribution < 1.29 is 14.9 Å². The number of fused-ring (bicyclic) bond motifs is 2. The second-order valence-electron chi connectivity index (χ2n) is 10.4. The molecule has 0 aromatic carbocycles. The third-order valence-electron chi connectivity index (χ3n) is 8.08. The summed E-state index contributed by atoms with van der Waals surface area (Å²) in [6.45, 7) is 11.3. The SMILES string of the molecule is C=Cc1cc(-c2ccc3c(n2)C(C)(CC(F)F)C(C)=N3)c2cnc(NC3CCN(C4COC4)CC3)nn12.[HH]. The van der Waals surface area contributed by atoms with Gasteiger partial charge in [0.15, 0.2) is 0 Å². The molecule has 0 aliphatic carbocycles.